The highest BCUT2D eigenvalue weighted by Crippen LogP contribution is 2.24. The zero-order valence-electron chi connectivity index (χ0n) is 9.67. The van der Waals surface area contributed by atoms with E-state index in [-0.39, 0.29) is 5.91 Å². The number of halogens is 2. The van der Waals surface area contributed by atoms with Crippen molar-refractivity contribution < 1.29 is 9.21 Å². The molecule has 1 heterocycles. The Morgan fingerprint density at radius 2 is 2.11 bits per heavy atom. The van der Waals surface area contributed by atoms with Gasteiger partial charge in [0.25, 0.3) is 5.91 Å². The second-order valence-electron chi connectivity index (χ2n) is 3.72. The molecule has 94 valence electrons. The highest BCUT2D eigenvalue weighted by Gasteiger charge is 2.14. The summed E-state index contributed by atoms with van der Waals surface area (Å²) in [5, 5.41) is 2.88. The Morgan fingerprint density at radius 1 is 1.33 bits per heavy atom. The molecule has 0 spiro atoms. The van der Waals surface area contributed by atoms with Crippen LogP contribution in [0.1, 0.15) is 22.8 Å². The number of rotatable bonds is 3. The van der Waals surface area contributed by atoms with Crippen molar-refractivity contribution in [1.29, 1.82) is 0 Å². The summed E-state index contributed by atoms with van der Waals surface area (Å²) in [6.07, 6.45) is 2.32. The van der Waals surface area contributed by atoms with Gasteiger partial charge in [0, 0.05) is 10.2 Å². The first-order valence-electron chi connectivity index (χ1n) is 5.44. The van der Waals surface area contributed by atoms with Gasteiger partial charge in [-0.1, -0.05) is 22.9 Å². The fourth-order valence-corrected chi connectivity index (χ4v) is 2.45. The molecule has 5 heteroatoms. The molecule has 0 aliphatic heterocycles. The Bertz CT molecular complexity index is 578. The number of hydrogen-bond acceptors (Lipinski definition) is 2. The summed E-state index contributed by atoms with van der Waals surface area (Å²) in [5.41, 5.74) is 2.39. The largest absolute Gasteiger partial charge is 0.457 e. The number of carbonyl (C=O) groups is 1. The molecule has 1 amide bonds. The predicted octanol–water partition coefficient (Wildman–Crippen LogP) is 4.62. The summed E-state index contributed by atoms with van der Waals surface area (Å²) < 4.78 is 6.49. The number of anilines is 1. The number of benzene rings is 1. The lowest BCUT2D eigenvalue weighted by molar-refractivity contribution is 0.102. The Kier molecular flexibility index (Phi) is 4.24. The molecular formula is C13H11Br2NO2. The van der Waals surface area contributed by atoms with Crippen molar-refractivity contribution in [1.82, 2.24) is 0 Å². The average Bonchev–Trinajstić information content (AvgIpc) is 2.77. The summed E-state index contributed by atoms with van der Waals surface area (Å²) in [6, 6.07) is 7.41. The van der Waals surface area contributed by atoms with Crippen LogP contribution in [0.3, 0.4) is 0 Å². The van der Waals surface area contributed by atoms with Gasteiger partial charge in [0.05, 0.1) is 11.8 Å². The first-order chi connectivity index (χ1) is 8.61. The lowest BCUT2D eigenvalue weighted by Crippen LogP contribution is -2.12. The molecule has 18 heavy (non-hydrogen) atoms. The average molecular weight is 373 g/mol. The van der Waals surface area contributed by atoms with Gasteiger partial charge in [-0.25, -0.2) is 0 Å². The van der Waals surface area contributed by atoms with Crippen LogP contribution < -0.4 is 5.32 Å². The van der Waals surface area contributed by atoms with E-state index in [4.69, 9.17) is 4.42 Å². The highest BCUT2D eigenvalue weighted by atomic mass is 79.9. The van der Waals surface area contributed by atoms with E-state index in [9.17, 15) is 4.79 Å². The monoisotopic (exact) mass is 371 g/mol. The van der Waals surface area contributed by atoms with E-state index < -0.39 is 0 Å². The minimum atomic E-state index is -0.187. The first kappa shape index (κ1) is 13.4. The molecule has 3 nitrogen and oxygen atoms in total. The Balaban J connectivity index is 2.24. The van der Waals surface area contributed by atoms with Gasteiger partial charge in [0.15, 0.2) is 4.67 Å². The maximum Gasteiger partial charge on any atom is 0.260 e. The van der Waals surface area contributed by atoms with Crippen LogP contribution in [0.5, 0.6) is 0 Å². The molecule has 1 aromatic heterocycles. The quantitative estimate of drug-likeness (QED) is 0.854. The fraction of sp³-hybridized carbons (Fsp3) is 0.154. The van der Waals surface area contributed by atoms with Gasteiger partial charge in [-0.3, -0.25) is 4.79 Å². The standard InChI is InChI=1S/C13H11Br2NO2/c1-2-8-7-9(14)3-4-11(8)16-13(17)10-5-6-18-12(10)15/h3-7H,2H2,1H3,(H,16,17). The van der Waals surface area contributed by atoms with Gasteiger partial charge >= 0.3 is 0 Å². The molecule has 2 aromatic rings. The molecule has 0 unspecified atom stereocenters. The van der Waals surface area contributed by atoms with Gasteiger partial charge in [0.2, 0.25) is 0 Å². The van der Waals surface area contributed by atoms with Crippen LogP contribution in [-0.2, 0) is 6.42 Å². The van der Waals surface area contributed by atoms with Crippen molar-refractivity contribution in [3.63, 3.8) is 0 Å². The minimum Gasteiger partial charge on any atom is -0.457 e. The van der Waals surface area contributed by atoms with Crippen molar-refractivity contribution in [2.45, 2.75) is 13.3 Å². The van der Waals surface area contributed by atoms with Gasteiger partial charge in [-0.15, -0.1) is 0 Å². The van der Waals surface area contributed by atoms with Gasteiger partial charge in [-0.2, -0.15) is 0 Å². The zero-order chi connectivity index (χ0) is 13.1. The number of nitrogens with one attached hydrogen (secondary N) is 1. The summed E-state index contributed by atoms with van der Waals surface area (Å²) >= 11 is 6.61. The summed E-state index contributed by atoms with van der Waals surface area (Å²) in [7, 11) is 0. The Labute approximate surface area is 122 Å². The number of furan rings is 1. The van der Waals surface area contributed by atoms with E-state index in [1.54, 1.807) is 6.07 Å². The van der Waals surface area contributed by atoms with E-state index in [0.717, 1.165) is 22.1 Å². The topological polar surface area (TPSA) is 42.2 Å². The smallest absolute Gasteiger partial charge is 0.260 e. The molecule has 2 rings (SSSR count). The zero-order valence-corrected chi connectivity index (χ0v) is 12.8. The van der Waals surface area contributed by atoms with Crippen LogP contribution in [-0.4, -0.2) is 5.91 Å². The first-order valence-corrected chi connectivity index (χ1v) is 7.03. The molecule has 0 radical (unpaired) electrons. The van der Waals surface area contributed by atoms with Gasteiger partial charge in [0.1, 0.15) is 0 Å². The van der Waals surface area contributed by atoms with Crippen LogP contribution >= 0.6 is 31.9 Å². The van der Waals surface area contributed by atoms with E-state index in [1.165, 1.54) is 6.26 Å². The SMILES string of the molecule is CCc1cc(Br)ccc1NC(=O)c1ccoc1Br. The molecule has 0 saturated carbocycles. The maximum atomic E-state index is 12.0. The molecule has 0 aliphatic rings. The van der Waals surface area contributed by atoms with Crippen LogP contribution in [0.25, 0.3) is 0 Å². The van der Waals surface area contributed by atoms with E-state index in [0.29, 0.717) is 10.2 Å². The Morgan fingerprint density at radius 3 is 2.72 bits per heavy atom. The van der Waals surface area contributed by atoms with Crippen LogP contribution in [0.15, 0.2) is 44.1 Å². The fourth-order valence-electron chi connectivity index (χ4n) is 1.62. The van der Waals surface area contributed by atoms with Crippen molar-refractivity contribution in [3.8, 4) is 0 Å². The van der Waals surface area contributed by atoms with Crippen molar-refractivity contribution in [3.05, 3.63) is 50.8 Å². The molecule has 1 aromatic carbocycles. The second kappa shape index (κ2) is 5.71. The summed E-state index contributed by atoms with van der Waals surface area (Å²) in [4.78, 5) is 12.0. The molecule has 0 aliphatic carbocycles. The molecule has 0 atom stereocenters. The van der Waals surface area contributed by atoms with Crippen molar-refractivity contribution in [2.24, 2.45) is 0 Å². The van der Waals surface area contributed by atoms with Crippen molar-refractivity contribution >= 4 is 43.5 Å². The molecular weight excluding hydrogens is 362 g/mol. The third-order valence-electron chi connectivity index (χ3n) is 2.56. The number of hydrogen-bond donors (Lipinski definition) is 1. The second-order valence-corrected chi connectivity index (χ2v) is 5.35. The number of carbonyl (C=O) groups excluding carboxylic acids is 1. The van der Waals surface area contributed by atoms with Gasteiger partial charge < -0.3 is 9.73 Å². The predicted molar refractivity (Wildman–Crippen MR) is 77.9 cm³/mol. The number of amides is 1. The van der Waals surface area contributed by atoms with Crippen molar-refractivity contribution in [2.75, 3.05) is 5.32 Å². The molecule has 0 fully saturated rings. The van der Waals surface area contributed by atoms with Crippen LogP contribution in [0, 0.1) is 0 Å². The summed E-state index contributed by atoms with van der Waals surface area (Å²) in [6.45, 7) is 2.05. The maximum absolute atomic E-state index is 12.0. The minimum absolute atomic E-state index is 0.187. The third-order valence-corrected chi connectivity index (χ3v) is 3.67. The van der Waals surface area contributed by atoms with Crippen LogP contribution in [0.2, 0.25) is 0 Å². The van der Waals surface area contributed by atoms with Gasteiger partial charge in [-0.05, 0) is 52.2 Å². The lowest BCUT2D eigenvalue weighted by Gasteiger charge is -2.09. The van der Waals surface area contributed by atoms with E-state index in [2.05, 4.69) is 37.2 Å². The molecule has 1 N–H and O–H groups in total. The Hall–Kier alpha value is -1.07. The normalized spacial score (nSPS) is 10.4. The third kappa shape index (κ3) is 2.84. The lowest BCUT2D eigenvalue weighted by atomic mass is 10.1. The highest BCUT2D eigenvalue weighted by molar-refractivity contribution is 9.10. The number of aryl methyl sites for hydroxylation is 1. The van der Waals surface area contributed by atoms with E-state index >= 15 is 0 Å². The van der Waals surface area contributed by atoms with Crippen LogP contribution in [0.4, 0.5) is 5.69 Å². The molecule has 0 bridgehead atoms. The van der Waals surface area contributed by atoms with E-state index in [1.807, 2.05) is 25.1 Å². The molecule has 0 saturated heterocycles. The summed E-state index contributed by atoms with van der Waals surface area (Å²) in [5.74, 6) is -0.187.